The van der Waals surface area contributed by atoms with Crippen molar-refractivity contribution in [1.29, 1.82) is 0 Å². The standard InChI is InChI=1S/C23H29ClN6O4/c1-3-4-6-34-23(32)29-11-16-13-33-7-5-30(16)20(12-29)15-8-18(28-21(24)9-15)17-10-19(22(31)25-2)27-14-26-17/h8-10,14,16,20H,3-7,11-13H2,1-2H3,(H,25,31). The van der Waals surface area contributed by atoms with Crippen molar-refractivity contribution in [2.24, 2.45) is 0 Å². The molecule has 2 fully saturated rings. The smallest absolute Gasteiger partial charge is 0.409 e. The van der Waals surface area contributed by atoms with E-state index in [1.165, 1.54) is 6.33 Å². The van der Waals surface area contributed by atoms with Crippen LogP contribution in [-0.2, 0) is 9.47 Å². The van der Waals surface area contributed by atoms with Crippen molar-refractivity contribution in [3.8, 4) is 11.4 Å². The number of hydrogen-bond donors (Lipinski definition) is 1. The third-order valence-corrected chi connectivity index (χ3v) is 6.26. The number of nitrogens with one attached hydrogen (secondary N) is 1. The molecule has 2 amide bonds. The average Bonchev–Trinajstić information content (AvgIpc) is 2.87. The zero-order chi connectivity index (χ0) is 24.1. The number of amides is 2. The third kappa shape index (κ3) is 5.45. The lowest BCUT2D eigenvalue weighted by atomic mass is 9.98. The summed E-state index contributed by atoms with van der Waals surface area (Å²) in [7, 11) is 1.54. The lowest BCUT2D eigenvalue weighted by molar-refractivity contribution is -0.0704. The third-order valence-electron chi connectivity index (χ3n) is 6.07. The molecule has 1 N–H and O–H groups in total. The van der Waals surface area contributed by atoms with Crippen molar-refractivity contribution < 1.29 is 19.1 Å². The SMILES string of the molecule is CCCCOC(=O)N1CC2COCCN2C(c2cc(Cl)nc(-c3cc(C(=O)NC)ncn3)c2)C1. The highest BCUT2D eigenvalue weighted by Crippen LogP contribution is 2.33. The van der Waals surface area contributed by atoms with Crippen LogP contribution < -0.4 is 5.32 Å². The van der Waals surface area contributed by atoms with Gasteiger partial charge in [-0.15, -0.1) is 0 Å². The van der Waals surface area contributed by atoms with Gasteiger partial charge in [0.25, 0.3) is 5.91 Å². The van der Waals surface area contributed by atoms with Gasteiger partial charge in [-0.1, -0.05) is 24.9 Å². The van der Waals surface area contributed by atoms with Crippen molar-refractivity contribution in [2.75, 3.05) is 46.5 Å². The lowest BCUT2D eigenvalue weighted by Gasteiger charge is -2.48. The summed E-state index contributed by atoms with van der Waals surface area (Å²) >= 11 is 6.43. The van der Waals surface area contributed by atoms with Crippen LogP contribution in [0.15, 0.2) is 24.5 Å². The highest BCUT2D eigenvalue weighted by atomic mass is 35.5. The van der Waals surface area contributed by atoms with E-state index in [2.05, 4.69) is 32.1 Å². The summed E-state index contributed by atoms with van der Waals surface area (Å²) in [6.07, 6.45) is 2.81. The van der Waals surface area contributed by atoms with Crippen LogP contribution in [0.4, 0.5) is 4.79 Å². The summed E-state index contributed by atoms with van der Waals surface area (Å²) in [5.74, 6) is -0.313. The molecule has 0 saturated carbocycles. The number of nitrogens with zero attached hydrogens (tertiary/aromatic N) is 5. The molecule has 34 heavy (non-hydrogen) atoms. The summed E-state index contributed by atoms with van der Waals surface area (Å²) in [6.45, 7) is 5.40. The molecule has 11 heteroatoms. The number of pyridine rings is 1. The molecule has 0 radical (unpaired) electrons. The number of carbonyl (C=O) groups is 2. The number of rotatable bonds is 6. The minimum absolute atomic E-state index is 0.0560. The number of fused-ring (bicyclic) bond motifs is 1. The second-order valence-corrected chi connectivity index (χ2v) is 8.72. The first-order valence-electron chi connectivity index (χ1n) is 11.5. The fraction of sp³-hybridized carbons (Fsp3) is 0.522. The van der Waals surface area contributed by atoms with E-state index in [9.17, 15) is 9.59 Å². The summed E-state index contributed by atoms with van der Waals surface area (Å²) in [4.78, 5) is 41.6. The van der Waals surface area contributed by atoms with Gasteiger partial charge in [0.15, 0.2) is 0 Å². The monoisotopic (exact) mass is 488 g/mol. The van der Waals surface area contributed by atoms with Crippen LogP contribution in [0.25, 0.3) is 11.4 Å². The highest BCUT2D eigenvalue weighted by molar-refractivity contribution is 6.29. The Hall–Kier alpha value is -2.82. The predicted molar refractivity (Wildman–Crippen MR) is 126 cm³/mol. The van der Waals surface area contributed by atoms with Crippen molar-refractivity contribution in [1.82, 2.24) is 30.1 Å². The van der Waals surface area contributed by atoms with Crippen molar-refractivity contribution in [2.45, 2.75) is 31.8 Å². The van der Waals surface area contributed by atoms with Crippen LogP contribution in [0, 0.1) is 0 Å². The first kappa shape index (κ1) is 24.3. The highest BCUT2D eigenvalue weighted by Gasteiger charge is 2.39. The number of hydrogen-bond acceptors (Lipinski definition) is 8. The van der Waals surface area contributed by atoms with Gasteiger partial charge in [0.1, 0.15) is 17.2 Å². The van der Waals surface area contributed by atoms with Gasteiger partial charge in [-0.05, 0) is 30.2 Å². The molecule has 10 nitrogen and oxygen atoms in total. The maximum absolute atomic E-state index is 12.8. The summed E-state index contributed by atoms with van der Waals surface area (Å²) in [5, 5.41) is 2.86. The van der Waals surface area contributed by atoms with Crippen molar-refractivity contribution in [3.63, 3.8) is 0 Å². The Morgan fingerprint density at radius 1 is 1.24 bits per heavy atom. The maximum atomic E-state index is 12.8. The molecular weight excluding hydrogens is 460 g/mol. The fourth-order valence-electron chi connectivity index (χ4n) is 4.31. The van der Waals surface area contributed by atoms with E-state index in [0.29, 0.717) is 49.5 Å². The Labute approximate surface area is 203 Å². The normalized spacial score (nSPS) is 20.5. The van der Waals surface area contributed by atoms with Crippen molar-refractivity contribution in [3.05, 3.63) is 40.9 Å². The Morgan fingerprint density at radius 3 is 2.88 bits per heavy atom. The molecule has 2 saturated heterocycles. The van der Waals surface area contributed by atoms with Crippen molar-refractivity contribution >= 4 is 23.6 Å². The number of piperazine rings is 1. The Morgan fingerprint density at radius 2 is 2.09 bits per heavy atom. The Kier molecular flexibility index (Phi) is 7.91. The molecule has 182 valence electrons. The summed E-state index contributed by atoms with van der Waals surface area (Å²) < 4.78 is 11.2. The minimum Gasteiger partial charge on any atom is -0.449 e. The zero-order valence-corrected chi connectivity index (χ0v) is 20.1. The van der Waals surface area contributed by atoms with Gasteiger partial charge in [0, 0.05) is 26.7 Å². The van der Waals surface area contributed by atoms with Gasteiger partial charge < -0.3 is 19.7 Å². The Bertz CT molecular complexity index is 1040. The first-order chi connectivity index (χ1) is 16.5. The average molecular weight is 489 g/mol. The summed E-state index contributed by atoms with van der Waals surface area (Å²) in [6, 6.07) is 5.25. The maximum Gasteiger partial charge on any atom is 0.409 e. The van der Waals surface area contributed by atoms with Gasteiger partial charge in [-0.2, -0.15) is 0 Å². The molecule has 2 atom stereocenters. The minimum atomic E-state index is -0.313. The number of morpholine rings is 1. The van der Waals surface area contributed by atoms with Gasteiger partial charge in [-0.25, -0.2) is 19.7 Å². The van der Waals surface area contributed by atoms with E-state index in [-0.39, 0.29) is 29.8 Å². The van der Waals surface area contributed by atoms with E-state index in [1.54, 1.807) is 18.0 Å². The number of ether oxygens (including phenoxy) is 2. The molecule has 4 heterocycles. The van der Waals surface area contributed by atoms with Gasteiger partial charge >= 0.3 is 6.09 Å². The van der Waals surface area contributed by atoms with Crippen LogP contribution in [0.3, 0.4) is 0 Å². The molecule has 0 bridgehead atoms. The largest absolute Gasteiger partial charge is 0.449 e. The molecule has 2 aromatic rings. The van der Waals surface area contributed by atoms with Gasteiger partial charge in [0.2, 0.25) is 0 Å². The van der Waals surface area contributed by atoms with Crippen LogP contribution in [0.2, 0.25) is 5.15 Å². The molecule has 0 aliphatic carbocycles. The molecule has 2 aliphatic rings. The van der Waals surface area contributed by atoms with E-state index < -0.39 is 0 Å². The number of carbonyl (C=O) groups excluding carboxylic acids is 2. The van der Waals surface area contributed by atoms with Crippen LogP contribution >= 0.6 is 11.6 Å². The molecular formula is C23H29ClN6O4. The first-order valence-corrected chi connectivity index (χ1v) is 11.8. The van der Waals surface area contributed by atoms with E-state index in [4.69, 9.17) is 21.1 Å². The topological polar surface area (TPSA) is 110 Å². The van der Waals surface area contributed by atoms with E-state index >= 15 is 0 Å². The second kappa shape index (κ2) is 11.1. The molecule has 2 unspecified atom stereocenters. The summed E-state index contributed by atoms with van der Waals surface area (Å²) in [5.41, 5.74) is 2.17. The number of aromatic nitrogens is 3. The predicted octanol–water partition coefficient (Wildman–Crippen LogP) is 2.55. The second-order valence-electron chi connectivity index (χ2n) is 8.33. The zero-order valence-electron chi connectivity index (χ0n) is 19.4. The van der Waals surface area contributed by atoms with Crippen LogP contribution in [0.1, 0.15) is 41.9 Å². The van der Waals surface area contributed by atoms with E-state index in [1.807, 2.05) is 12.1 Å². The Balaban J connectivity index is 1.64. The molecule has 2 aromatic heterocycles. The van der Waals surface area contributed by atoms with Gasteiger partial charge in [-0.3, -0.25) is 9.69 Å². The van der Waals surface area contributed by atoms with E-state index in [0.717, 1.165) is 24.9 Å². The van der Waals surface area contributed by atoms with Gasteiger partial charge in [0.05, 0.1) is 43.3 Å². The van der Waals surface area contributed by atoms with Crippen LogP contribution in [0.5, 0.6) is 0 Å². The fourth-order valence-corrected chi connectivity index (χ4v) is 4.53. The van der Waals surface area contributed by atoms with Crippen LogP contribution in [-0.4, -0.2) is 89.3 Å². The molecule has 0 aromatic carbocycles. The molecule has 2 aliphatic heterocycles. The number of unbranched alkanes of at least 4 members (excludes halogenated alkanes) is 1. The molecule has 4 rings (SSSR count). The number of halogens is 1. The quantitative estimate of drug-likeness (QED) is 0.488. The lowest BCUT2D eigenvalue weighted by Crippen LogP contribution is -2.60. The molecule has 0 spiro atoms.